The van der Waals surface area contributed by atoms with Gasteiger partial charge in [0, 0.05) is 33.1 Å². The first kappa shape index (κ1) is 20.3. The topological polar surface area (TPSA) is 58.2 Å². The zero-order chi connectivity index (χ0) is 20.9. The van der Waals surface area contributed by atoms with E-state index in [4.69, 9.17) is 34.8 Å². The molecule has 0 saturated carbocycles. The van der Waals surface area contributed by atoms with E-state index in [1.54, 1.807) is 30.3 Å². The second-order valence-electron chi connectivity index (χ2n) is 7.48. The summed E-state index contributed by atoms with van der Waals surface area (Å²) in [6.07, 6.45) is 0.742. The first-order chi connectivity index (χ1) is 13.8. The molecule has 2 aromatic rings. The number of rotatable bonds is 3. The molecule has 1 spiro atoms. The number of amides is 2. The van der Waals surface area contributed by atoms with Crippen molar-refractivity contribution in [1.29, 1.82) is 0 Å². The molecule has 2 N–H and O–H groups in total. The summed E-state index contributed by atoms with van der Waals surface area (Å²) in [5.74, 6) is -0.815. The molecule has 2 aliphatic rings. The molecule has 2 aromatic carbocycles. The number of nitrogens with one attached hydrogen (secondary N) is 2. The molecule has 0 bridgehead atoms. The second-order valence-corrected chi connectivity index (χ2v) is 8.79. The van der Waals surface area contributed by atoms with Crippen molar-refractivity contribution in [3.63, 3.8) is 0 Å². The predicted molar refractivity (Wildman–Crippen MR) is 117 cm³/mol. The van der Waals surface area contributed by atoms with E-state index in [-0.39, 0.29) is 18.2 Å². The highest BCUT2D eigenvalue weighted by Crippen LogP contribution is 2.54. The molecular weight excluding hydrogens is 431 g/mol. The molecule has 0 unspecified atom stereocenters. The Kier molecular flexibility index (Phi) is 5.14. The monoisotopic (exact) mass is 448 g/mol. The van der Waals surface area contributed by atoms with Crippen LogP contribution in [-0.2, 0) is 15.0 Å². The summed E-state index contributed by atoms with van der Waals surface area (Å²) in [6, 6.07) is 9.94. The molecule has 1 saturated heterocycles. The van der Waals surface area contributed by atoms with Crippen molar-refractivity contribution in [3.05, 3.63) is 74.7 Å². The molecule has 2 amide bonds. The van der Waals surface area contributed by atoms with E-state index in [2.05, 4.69) is 17.2 Å². The molecular formula is C22H19Cl3N2O2. The summed E-state index contributed by atoms with van der Waals surface area (Å²) in [4.78, 5) is 26.3. The minimum absolute atomic E-state index is 0.125. The van der Waals surface area contributed by atoms with E-state index < -0.39 is 17.4 Å². The van der Waals surface area contributed by atoms with Crippen LogP contribution in [-0.4, -0.2) is 17.9 Å². The number of halogens is 3. The summed E-state index contributed by atoms with van der Waals surface area (Å²) in [5.41, 5.74) is 1.87. The lowest BCUT2D eigenvalue weighted by atomic mass is 9.59. The fraction of sp³-hybridized carbons (Fsp3) is 0.273. The minimum atomic E-state index is -1.07. The lowest BCUT2D eigenvalue weighted by Gasteiger charge is -2.47. The highest BCUT2D eigenvalue weighted by molar-refractivity contribution is 6.34. The molecule has 2 aliphatic heterocycles. The van der Waals surface area contributed by atoms with Gasteiger partial charge in [-0.1, -0.05) is 59.9 Å². The van der Waals surface area contributed by atoms with Crippen molar-refractivity contribution >= 4 is 52.3 Å². The largest absolute Gasteiger partial charge is 0.348 e. The molecule has 7 heteroatoms. The average molecular weight is 450 g/mol. The van der Waals surface area contributed by atoms with Crippen LogP contribution in [0, 0.1) is 0 Å². The second kappa shape index (κ2) is 7.35. The quantitative estimate of drug-likeness (QED) is 0.610. The predicted octanol–water partition coefficient (Wildman–Crippen LogP) is 5.48. The van der Waals surface area contributed by atoms with Crippen LogP contribution >= 0.6 is 34.8 Å². The fourth-order valence-electron chi connectivity index (χ4n) is 4.63. The van der Waals surface area contributed by atoms with Gasteiger partial charge in [0.2, 0.25) is 11.8 Å². The normalized spacial score (nSPS) is 25.5. The number of carbonyl (C=O) groups excluding carboxylic acids is 2. The molecule has 150 valence electrons. The van der Waals surface area contributed by atoms with Crippen molar-refractivity contribution in [2.75, 3.05) is 5.32 Å². The lowest BCUT2D eigenvalue weighted by molar-refractivity contribution is -0.130. The molecule has 0 radical (unpaired) electrons. The van der Waals surface area contributed by atoms with Gasteiger partial charge in [0.25, 0.3) is 0 Å². The van der Waals surface area contributed by atoms with Crippen molar-refractivity contribution in [2.24, 2.45) is 0 Å². The lowest BCUT2D eigenvalue weighted by Crippen LogP contribution is -2.62. The maximum atomic E-state index is 13.6. The zero-order valence-corrected chi connectivity index (χ0v) is 18.0. The van der Waals surface area contributed by atoms with Gasteiger partial charge < -0.3 is 10.6 Å². The van der Waals surface area contributed by atoms with Crippen LogP contribution in [0.3, 0.4) is 0 Å². The number of hydrogen-bond donors (Lipinski definition) is 2. The first-order valence-corrected chi connectivity index (χ1v) is 10.4. The van der Waals surface area contributed by atoms with Gasteiger partial charge in [0.1, 0.15) is 5.41 Å². The third-order valence-corrected chi connectivity index (χ3v) is 6.57. The highest BCUT2D eigenvalue weighted by Gasteiger charge is 2.61. The Morgan fingerprint density at radius 3 is 2.45 bits per heavy atom. The Balaban J connectivity index is 2.02. The number of benzene rings is 2. The molecule has 1 fully saturated rings. The third kappa shape index (κ3) is 3.14. The Bertz CT molecular complexity index is 1030. The molecule has 2 heterocycles. The van der Waals surface area contributed by atoms with Gasteiger partial charge in [0.15, 0.2) is 0 Å². The molecule has 4 rings (SSSR count). The maximum absolute atomic E-state index is 13.6. The van der Waals surface area contributed by atoms with E-state index in [0.717, 1.165) is 16.7 Å². The maximum Gasteiger partial charge on any atom is 0.238 e. The van der Waals surface area contributed by atoms with Gasteiger partial charge in [-0.25, -0.2) is 0 Å². The standard InChI is InChI=1S/C22H19Cl3N2O2/c1-3-11(2)20-22(16-5-4-13(23)9-18(16)26-21(22)29)17(10-19(28)27-20)12-6-14(24)8-15(25)7-12/h4-9,17,20H,2-3,10H2,1H3,(H,26,29)(H,27,28)/t17-,20+,22-/m0/s1. The smallest absolute Gasteiger partial charge is 0.238 e. The van der Waals surface area contributed by atoms with Gasteiger partial charge in [-0.15, -0.1) is 0 Å². The molecule has 0 aliphatic carbocycles. The number of hydrogen-bond acceptors (Lipinski definition) is 2. The van der Waals surface area contributed by atoms with E-state index in [1.807, 2.05) is 13.0 Å². The molecule has 29 heavy (non-hydrogen) atoms. The summed E-state index contributed by atoms with van der Waals surface area (Å²) in [5, 5.41) is 7.41. The van der Waals surface area contributed by atoms with Crippen LogP contribution in [0.25, 0.3) is 0 Å². The number of carbonyl (C=O) groups is 2. The van der Waals surface area contributed by atoms with Crippen LogP contribution in [0.5, 0.6) is 0 Å². The Hall–Kier alpha value is -2.01. The summed E-state index contributed by atoms with van der Waals surface area (Å²) >= 11 is 18.7. The van der Waals surface area contributed by atoms with Gasteiger partial charge in [-0.3, -0.25) is 9.59 Å². The molecule has 0 aromatic heterocycles. The number of anilines is 1. The van der Waals surface area contributed by atoms with E-state index in [9.17, 15) is 9.59 Å². The van der Waals surface area contributed by atoms with Gasteiger partial charge in [0.05, 0.1) is 6.04 Å². The highest BCUT2D eigenvalue weighted by atomic mass is 35.5. The van der Waals surface area contributed by atoms with Crippen molar-refractivity contribution in [1.82, 2.24) is 5.32 Å². The average Bonchev–Trinajstić information content (AvgIpc) is 2.93. The summed E-state index contributed by atoms with van der Waals surface area (Å²) < 4.78 is 0. The Morgan fingerprint density at radius 2 is 1.79 bits per heavy atom. The van der Waals surface area contributed by atoms with E-state index in [1.165, 1.54) is 0 Å². The molecule has 4 nitrogen and oxygen atoms in total. The van der Waals surface area contributed by atoms with E-state index in [0.29, 0.717) is 27.2 Å². The van der Waals surface area contributed by atoms with Gasteiger partial charge in [-0.05, 0) is 47.9 Å². The Morgan fingerprint density at radius 1 is 1.10 bits per heavy atom. The van der Waals surface area contributed by atoms with Crippen LogP contribution in [0.2, 0.25) is 15.1 Å². The SMILES string of the molecule is C=C(CC)[C@H]1NC(=O)C[C@@H](c2cc(Cl)cc(Cl)c2)[C@]12C(=O)Nc1cc(Cl)ccc12. The number of fused-ring (bicyclic) bond motifs is 2. The van der Waals surface area contributed by atoms with Gasteiger partial charge in [-0.2, -0.15) is 0 Å². The number of piperidine rings is 1. The van der Waals surface area contributed by atoms with Gasteiger partial charge >= 0.3 is 0 Å². The van der Waals surface area contributed by atoms with Crippen molar-refractivity contribution in [2.45, 2.75) is 37.1 Å². The van der Waals surface area contributed by atoms with Crippen LogP contribution in [0.15, 0.2) is 48.6 Å². The first-order valence-electron chi connectivity index (χ1n) is 9.31. The summed E-state index contributed by atoms with van der Waals surface area (Å²) in [7, 11) is 0. The van der Waals surface area contributed by atoms with Crippen molar-refractivity contribution in [3.8, 4) is 0 Å². The third-order valence-electron chi connectivity index (χ3n) is 5.90. The van der Waals surface area contributed by atoms with Crippen LogP contribution < -0.4 is 10.6 Å². The summed E-state index contributed by atoms with van der Waals surface area (Å²) in [6.45, 7) is 6.12. The fourth-order valence-corrected chi connectivity index (χ4v) is 5.34. The molecule has 3 atom stereocenters. The Labute approximate surface area is 184 Å². The zero-order valence-electron chi connectivity index (χ0n) is 15.7. The van der Waals surface area contributed by atoms with Crippen LogP contribution in [0.4, 0.5) is 5.69 Å². The van der Waals surface area contributed by atoms with Crippen molar-refractivity contribution < 1.29 is 9.59 Å². The minimum Gasteiger partial charge on any atom is -0.348 e. The van der Waals surface area contributed by atoms with E-state index >= 15 is 0 Å². The van der Waals surface area contributed by atoms with Crippen LogP contribution in [0.1, 0.15) is 36.8 Å².